The van der Waals surface area contributed by atoms with Gasteiger partial charge in [-0.05, 0) is 24.1 Å². The Labute approximate surface area is 140 Å². The van der Waals surface area contributed by atoms with Crippen molar-refractivity contribution in [2.75, 3.05) is 13.2 Å². The molecule has 7 nitrogen and oxygen atoms in total. The highest BCUT2D eigenvalue weighted by atomic mass is 32.2. The number of hydrogen-bond donors (Lipinski definition) is 1. The molecule has 0 atom stereocenters. The Kier molecular flexibility index (Phi) is 5.66. The van der Waals surface area contributed by atoms with E-state index in [2.05, 4.69) is 0 Å². The number of aliphatic hydroxyl groups excluding tert-OH is 1. The van der Waals surface area contributed by atoms with Gasteiger partial charge in [-0.25, -0.2) is 8.42 Å². The molecule has 24 heavy (non-hydrogen) atoms. The molecule has 0 saturated heterocycles. The quantitative estimate of drug-likeness (QED) is 0.609. The van der Waals surface area contributed by atoms with Crippen LogP contribution in [0.4, 0.5) is 5.69 Å². The topological polar surface area (TPSA) is 101 Å². The lowest BCUT2D eigenvalue weighted by molar-refractivity contribution is -0.385. The maximum Gasteiger partial charge on any atom is 0.269 e. The molecule has 128 valence electrons. The van der Waals surface area contributed by atoms with Crippen LogP contribution in [0, 0.1) is 17.0 Å². The van der Waals surface area contributed by atoms with Gasteiger partial charge in [0.2, 0.25) is 10.0 Å². The van der Waals surface area contributed by atoms with E-state index in [1.165, 1.54) is 25.1 Å². The Hall–Kier alpha value is -2.29. The number of sulfonamides is 1. The Morgan fingerprint density at radius 2 is 1.83 bits per heavy atom. The molecular formula is C16H18N2O5S. The van der Waals surface area contributed by atoms with Crippen molar-refractivity contribution in [3.05, 3.63) is 69.8 Å². The highest BCUT2D eigenvalue weighted by molar-refractivity contribution is 7.89. The summed E-state index contributed by atoms with van der Waals surface area (Å²) in [5.74, 6) is 0. The minimum atomic E-state index is -3.88. The number of rotatable bonds is 7. The van der Waals surface area contributed by atoms with Gasteiger partial charge in [0, 0.05) is 25.2 Å². The zero-order valence-corrected chi connectivity index (χ0v) is 13.9. The van der Waals surface area contributed by atoms with Crippen molar-refractivity contribution < 1.29 is 18.4 Å². The summed E-state index contributed by atoms with van der Waals surface area (Å²) in [6, 6.07) is 12.6. The predicted molar refractivity (Wildman–Crippen MR) is 89.0 cm³/mol. The SMILES string of the molecule is Cc1cc([N+](=O)[O-])ccc1S(=O)(=O)N(CCO)Cc1ccccc1. The molecule has 0 aliphatic carbocycles. The highest BCUT2D eigenvalue weighted by Gasteiger charge is 2.27. The zero-order valence-electron chi connectivity index (χ0n) is 13.1. The van der Waals surface area contributed by atoms with Crippen LogP contribution in [0.2, 0.25) is 0 Å². The van der Waals surface area contributed by atoms with Crippen LogP contribution in [0.5, 0.6) is 0 Å². The second-order valence-corrected chi connectivity index (χ2v) is 7.16. The van der Waals surface area contributed by atoms with Crippen molar-refractivity contribution in [1.82, 2.24) is 4.31 Å². The van der Waals surface area contributed by atoms with Gasteiger partial charge >= 0.3 is 0 Å². The molecule has 0 unspecified atom stereocenters. The molecule has 0 bridgehead atoms. The molecule has 0 radical (unpaired) electrons. The van der Waals surface area contributed by atoms with E-state index >= 15 is 0 Å². The monoisotopic (exact) mass is 350 g/mol. The first kappa shape index (κ1) is 18.1. The molecule has 0 fully saturated rings. The Morgan fingerprint density at radius 3 is 2.38 bits per heavy atom. The summed E-state index contributed by atoms with van der Waals surface area (Å²) in [4.78, 5) is 10.2. The van der Waals surface area contributed by atoms with Gasteiger partial charge in [0.05, 0.1) is 16.4 Å². The van der Waals surface area contributed by atoms with E-state index in [0.29, 0.717) is 5.56 Å². The van der Waals surface area contributed by atoms with Gasteiger partial charge in [0.1, 0.15) is 0 Å². The van der Waals surface area contributed by atoms with Crippen molar-refractivity contribution in [2.45, 2.75) is 18.4 Å². The summed E-state index contributed by atoms with van der Waals surface area (Å²) >= 11 is 0. The number of nitrogens with zero attached hydrogens (tertiary/aromatic N) is 2. The Bertz CT molecular complexity index is 822. The van der Waals surface area contributed by atoms with Crippen LogP contribution in [0.15, 0.2) is 53.4 Å². The largest absolute Gasteiger partial charge is 0.395 e. The van der Waals surface area contributed by atoms with E-state index in [9.17, 15) is 23.6 Å². The molecule has 0 amide bonds. The first-order valence-corrected chi connectivity index (χ1v) is 8.70. The Balaban J connectivity index is 2.39. The summed E-state index contributed by atoms with van der Waals surface area (Å²) < 4.78 is 26.9. The van der Waals surface area contributed by atoms with Crippen molar-refractivity contribution in [3.63, 3.8) is 0 Å². The molecule has 0 heterocycles. The molecule has 2 rings (SSSR count). The fourth-order valence-electron chi connectivity index (χ4n) is 2.36. The molecule has 0 aliphatic rings. The summed E-state index contributed by atoms with van der Waals surface area (Å²) in [7, 11) is -3.88. The normalized spacial score (nSPS) is 11.6. The van der Waals surface area contributed by atoms with Gasteiger partial charge in [0.25, 0.3) is 5.69 Å². The third-order valence-corrected chi connectivity index (χ3v) is 5.54. The molecule has 1 N–H and O–H groups in total. The molecule has 0 saturated carbocycles. The minimum Gasteiger partial charge on any atom is -0.395 e. The summed E-state index contributed by atoms with van der Waals surface area (Å²) in [5.41, 5.74) is 0.914. The predicted octanol–water partition coefficient (Wildman–Crippen LogP) is 2.09. The first-order chi connectivity index (χ1) is 11.4. The van der Waals surface area contributed by atoms with E-state index in [4.69, 9.17) is 0 Å². The summed E-state index contributed by atoms with van der Waals surface area (Å²) in [6.07, 6.45) is 0. The van der Waals surface area contributed by atoms with E-state index < -0.39 is 14.9 Å². The van der Waals surface area contributed by atoms with Crippen LogP contribution in [-0.4, -0.2) is 35.9 Å². The number of nitro groups is 1. The molecular weight excluding hydrogens is 332 g/mol. The summed E-state index contributed by atoms with van der Waals surface area (Å²) in [5, 5.41) is 20.0. The van der Waals surface area contributed by atoms with Crippen molar-refractivity contribution in [2.24, 2.45) is 0 Å². The number of aryl methyl sites for hydroxylation is 1. The van der Waals surface area contributed by atoms with Crippen LogP contribution in [-0.2, 0) is 16.6 Å². The van der Waals surface area contributed by atoms with Crippen LogP contribution in [0.3, 0.4) is 0 Å². The lowest BCUT2D eigenvalue weighted by atomic mass is 10.2. The van der Waals surface area contributed by atoms with E-state index in [-0.39, 0.29) is 30.3 Å². The second kappa shape index (κ2) is 7.52. The van der Waals surface area contributed by atoms with E-state index in [1.807, 2.05) is 6.07 Å². The molecule has 0 aliphatic heterocycles. The maximum atomic E-state index is 12.9. The van der Waals surface area contributed by atoms with Gasteiger partial charge in [0.15, 0.2) is 0 Å². The van der Waals surface area contributed by atoms with E-state index in [1.54, 1.807) is 24.3 Å². The average Bonchev–Trinajstić information content (AvgIpc) is 2.55. The maximum absolute atomic E-state index is 12.9. The van der Waals surface area contributed by atoms with Crippen molar-refractivity contribution in [3.8, 4) is 0 Å². The van der Waals surface area contributed by atoms with E-state index in [0.717, 1.165) is 9.87 Å². The standard InChI is InChI=1S/C16H18N2O5S/c1-13-11-15(18(20)21)7-8-16(13)24(22,23)17(9-10-19)12-14-5-3-2-4-6-14/h2-8,11,19H,9-10,12H2,1H3. The number of hydrogen-bond acceptors (Lipinski definition) is 5. The van der Waals surface area contributed by atoms with Gasteiger partial charge in [-0.3, -0.25) is 10.1 Å². The molecule has 0 spiro atoms. The summed E-state index contributed by atoms with van der Waals surface area (Å²) in [6.45, 7) is 1.24. The fraction of sp³-hybridized carbons (Fsp3) is 0.250. The van der Waals surface area contributed by atoms with Gasteiger partial charge in [-0.2, -0.15) is 4.31 Å². The smallest absolute Gasteiger partial charge is 0.269 e. The van der Waals surface area contributed by atoms with Crippen molar-refractivity contribution >= 4 is 15.7 Å². The molecule has 2 aromatic carbocycles. The zero-order chi connectivity index (χ0) is 17.7. The lowest BCUT2D eigenvalue weighted by Crippen LogP contribution is -2.33. The van der Waals surface area contributed by atoms with Crippen LogP contribution in [0.1, 0.15) is 11.1 Å². The second-order valence-electron chi connectivity index (χ2n) is 5.25. The number of benzene rings is 2. The lowest BCUT2D eigenvalue weighted by Gasteiger charge is -2.22. The van der Waals surface area contributed by atoms with Gasteiger partial charge < -0.3 is 5.11 Å². The van der Waals surface area contributed by atoms with Gasteiger partial charge in [-0.15, -0.1) is 0 Å². The minimum absolute atomic E-state index is 0.00233. The fourth-order valence-corrected chi connectivity index (χ4v) is 3.98. The number of non-ortho nitro benzene ring substituents is 1. The number of nitro benzene ring substituents is 1. The third kappa shape index (κ3) is 3.97. The first-order valence-electron chi connectivity index (χ1n) is 7.26. The molecule has 8 heteroatoms. The average molecular weight is 350 g/mol. The molecule has 2 aromatic rings. The van der Waals surface area contributed by atoms with Gasteiger partial charge in [-0.1, -0.05) is 30.3 Å². The highest BCUT2D eigenvalue weighted by Crippen LogP contribution is 2.25. The Morgan fingerprint density at radius 1 is 1.17 bits per heavy atom. The third-order valence-electron chi connectivity index (χ3n) is 3.54. The van der Waals surface area contributed by atoms with Crippen molar-refractivity contribution in [1.29, 1.82) is 0 Å². The molecule has 0 aromatic heterocycles. The van der Waals surface area contributed by atoms with Crippen LogP contribution < -0.4 is 0 Å². The van der Waals surface area contributed by atoms with Crippen LogP contribution >= 0.6 is 0 Å². The number of aliphatic hydroxyl groups is 1. The van der Waals surface area contributed by atoms with Crippen LogP contribution in [0.25, 0.3) is 0 Å².